The van der Waals surface area contributed by atoms with E-state index in [0.29, 0.717) is 13.0 Å². The number of aromatic nitrogens is 2. The molecule has 164 valence electrons. The summed E-state index contributed by atoms with van der Waals surface area (Å²) in [5.41, 5.74) is 16.0. The minimum atomic E-state index is -1.42. The van der Waals surface area contributed by atoms with Crippen LogP contribution in [0.4, 0.5) is 5.82 Å². The molecule has 0 saturated carbocycles. The Morgan fingerprint density at radius 1 is 1.47 bits per heavy atom. The number of carbonyl (C=O) groups is 2. The van der Waals surface area contributed by atoms with E-state index in [1.54, 1.807) is 7.05 Å². The molecule has 1 aromatic heterocycles. The first kappa shape index (κ1) is 22.8. The molecule has 13 heteroatoms. The summed E-state index contributed by atoms with van der Waals surface area (Å²) < 4.78 is 6.57. The summed E-state index contributed by atoms with van der Waals surface area (Å²) in [4.78, 5) is 40.9. The highest BCUT2D eigenvalue weighted by atomic mass is 16.5. The van der Waals surface area contributed by atoms with Crippen LogP contribution in [0.1, 0.15) is 19.1 Å². The molecular weight excluding hydrogens is 396 g/mol. The van der Waals surface area contributed by atoms with Crippen molar-refractivity contribution in [1.82, 2.24) is 19.8 Å². The Morgan fingerprint density at radius 3 is 2.77 bits per heavy atom. The molecule has 0 aliphatic carbocycles. The highest BCUT2D eigenvalue weighted by molar-refractivity contribution is 5.80. The van der Waals surface area contributed by atoms with E-state index >= 15 is 0 Å². The zero-order valence-electron chi connectivity index (χ0n) is 16.4. The standard InChI is InChI=1S/C17H26N8O5/c1-24(16(20)21)6-4-9(18)8-12(26)22-10-2-3-13(30-14(10)15(27)28)25-7-5-11(19)23-17(25)29/h2-3,5,7,9-10,13-14H,4,6,8,18H2,1H3,(H3,20,21)(H,22,26)(H,27,28)(H2,19,23,29)/t9-,10+,13+,14-/m1/s1. The Morgan fingerprint density at radius 2 is 2.17 bits per heavy atom. The van der Waals surface area contributed by atoms with Gasteiger partial charge in [0.25, 0.3) is 0 Å². The maximum Gasteiger partial charge on any atom is 0.351 e. The normalized spacial score (nSPS) is 21.6. The van der Waals surface area contributed by atoms with Crippen LogP contribution in [-0.2, 0) is 14.3 Å². The first-order valence-electron chi connectivity index (χ1n) is 9.10. The molecule has 1 aliphatic heterocycles. The highest BCUT2D eigenvalue weighted by Crippen LogP contribution is 2.20. The third kappa shape index (κ3) is 6.02. The van der Waals surface area contributed by atoms with E-state index in [-0.39, 0.29) is 18.2 Å². The van der Waals surface area contributed by atoms with Crippen molar-refractivity contribution in [2.75, 3.05) is 19.3 Å². The predicted octanol–water partition coefficient (Wildman–Crippen LogP) is -2.22. The van der Waals surface area contributed by atoms with Gasteiger partial charge < -0.3 is 37.3 Å². The number of anilines is 1. The maximum atomic E-state index is 12.3. The number of carboxylic acids is 1. The Bertz CT molecular complexity index is 885. The number of nitrogens with two attached hydrogens (primary N) is 3. The Labute approximate surface area is 172 Å². The summed E-state index contributed by atoms with van der Waals surface area (Å²) in [6.45, 7) is 0.403. The topological polar surface area (TPSA) is 216 Å². The average molecular weight is 422 g/mol. The van der Waals surface area contributed by atoms with Gasteiger partial charge in [-0.25, -0.2) is 9.59 Å². The lowest BCUT2D eigenvalue weighted by atomic mass is 10.1. The van der Waals surface area contributed by atoms with Gasteiger partial charge in [-0.1, -0.05) is 6.08 Å². The van der Waals surface area contributed by atoms with E-state index in [0.717, 1.165) is 4.57 Å². The first-order chi connectivity index (χ1) is 14.1. The van der Waals surface area contributed by atoms with Crippen molar-refractivity contribution < 1.29 is 19.4 Å². The molecule has 30 heavy (non-hydrogen) atoms. The van der Waals surface area contributed by atoms with E-state index in [1.807, 2.05) is 0 Å². The second kappa shape index (κ2) is 9.84. The van der Waals surface area contributed by atoms with E-state index in [4.69, 9.17) is 27.3 Å². The molecule has 0 aromatic carbocycles. The number of nitrogen functional groups attached to an aromatic ring is 1. The molecule has 1 aliphatic rings. The third-order valence-corrected chi connectivity index (χ3v) is 4.49. The Balaban J connectivity index is 2.01. The van der Waals surface area contributed by atoms with Gasteiger partial charge in [0.1, 0.15) is 5.82 Å². The van der Waals surface area contributed by atoms with Crippen LogP contribution in [0.3, 0.4) is 0 Å². The summed E-state index contributed by atoms with van der Waals surface area (Å²) >= 11 is 0. The van der Waals surface area contributed by atoms with Gasteiger partial charge in [0, 0.05) is 32.3 Å². The number of guanidine groups is 1. The van der Waals surface area contributed by atoms with Gasteiger partial charge >= 0.3 is 11.7 Å². The molecule has 13 nitrogen and oxygen atoms in total. The van der Waals surface area contributed by atoms with Crippen molar-refractivity contribution in [3.63, 3.8) is 0 Å². The van der Waals surface area contributed by atoms with Crippen LogP contribution in [0, 0.1) is 5.41 Å². The van der Waals surface area contributed by atoms with E-state index < -0.39 is 42.0 Å². The highest BCUT2D eigenvalue weighted by Gasteiger charge is 2.35. The van der Waals surface area contributed by atoms with Crippen LogP contribution in [0.15, 0.2) is 29.2 Å². The van der Waals surface area contributed by atoms with Crippen molar-refractivity contribution in [2.24, 2.45) is 11.5 Å². The van der Waals surface area contributed by atoms with Crippen LogP contribution >= 0.6 is 0 Å². The van der Waals surface area contributed by atoms with Crippen molar-refractivity contribution >= 4 is 23.7 Å². The van der Waals surface area contributed by atoms with Gasteiger partial charge in [-0.3, -0.25) is 14.8 Å². The molecule has 9 N–H and O–H groups in total. The first-order valence-corrected chi connectivity index (χ1v) is 9.10. The largest absolute Gasteiger partial charge is 0.479 e. The van der Waals surface area contributed by atoms with Gasteiger partial charge in [-0.15, -0.1) is 0 Å². The molecule has 0 bridgehead atoms. The minimum absolute atomic E-state index is 0.0294. The lowest BCUT2D eigenvalue weighted by molar-refractivity contribution is -0.159. The van der Waals surface area contributed by atoms with Crippen LogP contribution in [0.5, 0.6) is 0 Å². The van der Waals surface area contributed by atoms with Crippen LogP contribution in [0.25, 0.3) is 0 Å². The lowest BCUT2D eigenvalue weighted by Crippen LogP contribution is -2.51. The SMILES string of the molecule is CN(CC[C@@H](N)CC(=O)N[C@H]1C=C[C@@H](n2ccc(N)nc2=O)O[C@H]1C(=O)O)C(=N)N. The number of nitrogens with zero attached hydrogens (tertiary/aromatic N) is 3. The molecule has 0 saturated heterocycles. The molecule has 4 atom stereocenters. The molecule has 0 unspecified atom stereocenters. The summed E-state index contributed by atoms with van der Waals surface area (Å²) in [5, 5.41) is 19.4. The number of rotatable bonds is 8. The number of hydrogen-bond donors (Lipinski definition) is 6. The number of carbonyl (C=O) groups excluding carboxylic acids is 1. The van der Waals surface area contributed by atoms with Crippen molar-refractivity contribution in [2.45, 2.75) is 37.3 Å². The Hall–Kier alpha value is -3.45. The Kier molecular flexibility index (Phi) is 7.49. The van der Waals surface area contributed by atoms with E-state index in [9.17, 15) is 19.5 Å². The second-order valence-electron chi connectivity index (χ2n) is 6.87. The van der Waals surface area contributed by atoms with Crippen molar-refractivity contribution in [1.29, 1.82) is 5.41 Å². The van der Waals surface area contributed by atoms with Gasteiger partial charge in [0.15, 0.2) is 18.3 Å². The van der Waals surface area contributed by atoms with E-state index in [2.05, 4.69) is 10.3 Å². The zero-order chi connectivity index (χ0) is 22.4. The summed E-state index contributed by atoms with van der Waals surface area (Å²) in [5.74, 6) is -1.84. The molecule has 2 heterocycles. The number of amides is 1. The quantitative estimate of drug-likeness (QED) is 0.151. The molecule has 1 aromatic rings. The molecule has 1 amide bonds. The molecule has 0 radical (unpaired) electrons. The third-order valence-electron chi connectivity index (χ3n) is 4.49. The van der Waals surface area contributed by atoms with Gasteiger partial charge in [-0.2, -0.15) is 4.98 Å². The average Bonchev–Trinajstić information content (AvgIpc) is 2.66. The van der Waals surface area contributed by atoms with Gasteiger partial charge in [0.05, 0.1) is 6.04 Å². The van der Waals surface area contributed by atoms with Crippen molar-refractivity contribution in [3.05, 3.63) is 34.9 Å². The van der Waals surface area contributed by atoms with Crippen LogP contribution in [0.2, 0.25) is 0 Å². The zero-order valence-corrected chi connectivity index (χ0v) is 16.4. The molecule has 2 rings (SSSR count). The molecule has 0 fully saturated rings. The molecule has 0 spiro atoms. The van der Waals surface area contributed by atoms with Crippen molar-refractivity contribution in [3.8, 4) is 0 Å². The number of aliphatic carboxylic acids is 1. The summed E-state index contributed by atoms with van der Waals surface area (Å²) in [6, 6.07) is -0.0702. The summed E-state index contributed by atoms with van der Waals surface area (Å²) in [7, 11) is 1.63. The summed E-state index contributed by atoms with van der Waals surface area (Å²) in [6.07, 6.45) is 2.17. The monoisotopic (exact) mass is 422 g/mol. The molecular formula is C17H26N8O5. The fourth-order valence-electron chi connectivity index (χ4n) is 2.77. The van der Waals surface area contributed by atoms with Crippen LogP contribution in [-0.4, -0.2) is 69.2 Å². The minimum Gasteiger partial charge on any atom is -0.479 e. The number of nitrogens with one attached hydrogen (secondary N) is 2. The van der Waals surface area contributed by atoms with E-state index in [1.165, 1.54) is 29.3 Å². The second-order valence-corrected chi connectivity index (χ2v) is 6.87. The van der Waals surface area contributed by atoms with Gasteiger partial charge in [0.2, 0.25) is 5.91 Å². The lowest BCUT2D eigenvalue weighted by Gasteiger charge is -2.31. The number of ether oxygens (including phenoxy) is 1. The predicted molar refractivity (Wildman–Crippen MR) is 107 cm³/mol. The number of carboxylic acid groups (broad SMARTS) is 1. The fraction of sp³-hybridized carbons (Fsp3) is 0.471. The number of hydrogen-bond acceptors (Lipinski definition) is 8. The smallest absolute Gasteiger partial charge is 0.351 e. The van der Waals surface area contributed by atoms with Gasteiger partial charge in [-0.05, 0) is 18.6 Å². The fourth-order valence-corrected chi connectivity index (χ4v) is 2.77. The maximum absolute atomic E-state index is 12.3. The van der Waals surface area contributed by atoms with Crippen LogP contribution < -0.4 is 28.2 Å².